The molecule has 2 nitrogen and oxygen atoms in total. The highest BCUT2D eigenvalue weighted by atomic mass is 15.2. The average Bonchev–Trinajstić information content (AvgIpc) is 3.06. The van der Waals surface area contributed by atoms with E-state index in [0.717, 1.165) is 36.1 Å². The Hall–Kier alpha value is -1.05. The minimum atomic E-state index is 0.123. The predicted molar refractivity (Wildman–Crippen MR) is 96.3 cm³/mol. The summed E-state index contributed by atoms with van der Waals surface area (Å²) in [7, 11) is 0. The molecule has 0 spiro atoms. The van der Waals surface area contributed by atoms with Gasteiger partial charge in [-0.1, -0.05) is 33.3 Å². The monoisotopic (exact) mass is 312 g/mol. The van der Waals surface area contributed by atoms with Crippen molar-refractivity contribution in [2.75, 3.05) is 6.54 Å². The number of fused-ring (bicyclic) bond motifs is 2. The van der Waals surface area contributed by atoms with Crippen LogP contribution in [0, 0.1) is 34.5 Å². The van der Waals surface area contributed by atoms with Crippen molar-refractivity contribution in [2.24, 2.45) is 29.1 Å². The van der Waals surface area contributed by atoms with E-state index >= 15 is 0 Å². The van der Waals surface area contributed by atoms with Gasteiger partial charge in [0.15, 0.2) is 0 Å². The zero-order chi connectivity index (χ0) is 16.2. The molecule has 4 bridgehead atoms. The second-order valence-corrected chi connectivity index (χ2v) is 9.40. The lowest BCUT2D eigenvalue weighted by molar-refractivity contribution is 0.172. The minimum Gasteiger partial charge on any atom is -0.329 e. The van der Waals surface area contributed by atoms with Gasteiger partial charge in [-0.15, -0.1) is 0 Å². The Morgan fingerprint density at radius 3 is 2.48 bits per heavy atom. The molecule has 5 aliphatic rings. The first-order valence-corrected chi connectivity index (χ1v) is 9.74. The first-order chi connectivity index (χ1) is 10.9. The van der Waals surface area contributed by atoms with E-state index in [2.05, 4.69) is 37.8 Å². The van der Waals surface area contributed by atoms with E-state index in [-0.39, 0.29) is 5.41 Å². The summed E-state index contributed by atoms with van der Waals surface area (Å²) in [5.74, 6) is 4.15. The van der Waals surface area contributed by atoms with E-state index in [4.69, 9.17) is 5.41 Å². The van der Waals surface area contributed by atoms with E-state index in [1.807, 2.05) is 0 Å². The Morgan fingerprint density at radius 2 is 1.78 bits per heavy atom. The molecule has 2 atom stereocenters. The third-order valence-electron chi connectivity index (χ3n) is 6.85. The second kappa shape index (κ2) is 5.50. The van der Waals surface area contributed by atoms with Crippen molar-refractivity contribution in [3.63, 3.8) is 0 Å². The van der Waals surface area contributed by atoms with E-state index in [0.29, 0.717) is 0 Å². The van der Waals surface area contributed by atoms with Gasteiger partial charge in [-0.05, 0) is 68.3 Å². The predicted octanol–water partition coefficient (Wildman–Crippen LogP) is 5.37. The van der Waals surface area contributed by atoms with E-state index in [9.17, 15) is 0 Å². The maximum atomic E-state index is 8.79. The standard InChI is InChI=1S/C21H32N2/c1-21(2,3)19-12-17-11-16-5-4-6-18(16)15-9-7-14(8-10-15)13-23(19)20(17)22/h11-12,14-16,18,22H,4-10,13H2,1-3H3/b17-11-,22-20?. The van der Waals surface area contributed by atoms with Crippen molar-refractivity contribution in [3.8, 4) is 0 Å². The maximum Gasteiger partial charge on any atom is 0.132 e. The van der Waals surface area contributed by atoms with Gasteiger partial charge < -0.3 is 4.90 Å². The van der Waals surface area contributed by atoms with Gasteiger partial charge in [-0.3, -0.25) is 5.41 Å². The number of hydrogen-bond donors (Lipinski definition) is 1. The molecular formula is C21H32N2. The minimum absolute atomic E-state index is 0.123. The number of allylic oxidation sites excluding steroid dienone is 2. The Morgan fingerprint density at radius 1 is 1.04 bits per heavy atom. The number of hydrogen-bond acceptors (Lipinski definition) is 1. The van der Waals surface area contributed by atoms with Gasteiger partial charge in [0, 0.05) is 23.2 Å². The summed E-state index contributed by atoms with van der Waals surface area (Å²) in [6.07, 6.45) is 14.6. The Kier molecular flexibility index (Phi) is 3.70. The summed E-state index contributed by atoms with van der Waals surface area (Å²) in [4.78, 5) is 2.35. The molecule has 0 amide bonds. The summed E-state index contributed by atoms with van der Waals surface area (Å²) in [5, 5.41) is 8.79. The van der Waals surface area contributed by atoms with Crippen molar-refractivity contribution in [3.05, 3.63) is 23.4 Å². The zero-order valence-electron chi connectivity index (χ0n) is 15.1. The molecule has 0 radical (unpaired) electrons. The van der Waals surface area contributed by atoms with Crippen LogP contribution in [0.25, 0.3) is 0 Å². The molecule has 3 heterocycles. The summed E-state index contributed by atoms with van der Waals surface area (Å²) in [6.45, 7) is 7.96. The van der Waals surface area contributed by atoms with Gasteiger partial charge in [-0.25, -0.2) is 0 Å². The lowest BCUT2D eigenvalue weighted by Gasteiger charge is -2.37. The molecule has 3 aliphatic heterocycles. The Balaban J connectivity index is 1.76. The lowest BCUT2D eigenvalue weighted by Crippen LogP contribution is -2.36. The summed E-state index contributed by atoms with van der Waals surface area (Å²) < 4.78 is 0. The van der Waals surface area contributed by atoms with Crippen molar-refractivity contribution in [2.45, 2.75) is 65.7 Å². The molecule has 2 saturated carbocycles. The Bertz CT molecular complexity index is 555. The average molecular weight is 313 g/mol. The summed E-state index contributed by atoms with van der Waals surface area (Å²) >= 11 is 0. The van der Waals surface area contributed by atoms with Crippen molar-refractivity contribution in [1.29, 1.82) is 5.41 Å². The highest BCUT2D eigenvalue weighted by Gasteiger charge is 2.40. The smallest absolute Gasteiger partial charge is 0.132 e. The van der Waals surface area contributed by atoms with Crippen molar-refractivity contribution in [1.82, 2.24) is 4.90 Å². The molecular weight excluding hydrogens is 280 g/mol. The number of rotatable bonds is 0. The van der Waals surface area contributed by atoms with Crippen LogP contribution < -0.4 is 0 Å². The summed E-state index contributed by atoms with van der Waals surface area (Å²) in [5.41, 5.74) is 2.71. The number of amidine groups is 1. The van der Waals surface area contributed by atoms with Crippen molar-refractivity contribution < 1.29 is 0 Å². The second-order valence-electron chi connectivity index (χ2n) is 9.40. The SMILES string of the molecule is CC(C)(C)C1=C/C2=C/C3CCCC3C3CCC(CC3)CN1C2=N. The molecule has 0 aromatic rings. The van der Waals surface area contributed by atoms with Gasteiger partial charge >= 0.3 is 0 Å². The fraction of sp³-hybridized carbons (Fsp3) is 0.762. The number of nitrogens with one attached hydrogen (secondary N) is 1. The molecule has 1 N–H and O–H groups in total. The van der Waals surface area contributed by atoms with E-state index < -0.39 is 0 Å². The van der Waals surface area contributed by atoms with Gasteiger partial charge in [0.1, 0.15) is 5.84 Å². The van der Waals surface area contributed by atoms with Crippen LogP contribution >= 0.6 is 0 Å². The largest absolute Gasteiger partial charge is 0.329 e. The molecule has 126 valence electrons. The quantitative estimate of drug-likeness (QED) is 0.639. The molecule has 2 aliphatic carbocycles. The molecule has 0 saturated heterocycles. The zero-order valence-corrected chi connectivity index (χ0v) is 15.1. The third-order valence-corrected chi connectivity index (χ3v) is 6.85. The molecule has 2 heteroatoms. The van der Waals surface area contributed by atoms with Crippen molar-refractivity contribution >= 4 is 5.84 Å². The first kappa shape index (κ1) is 15.5. The molecule has 2 fully saturated rings. The number of nitrogens with zero attached hydrogens (tertiary/aromatic N) is 1. The van der Waals surface area contributed by atoms with Crippen LogP contribution in [0.2, 0.25) is 0 Å². The topological polar surface area (TPSA) is 27.1 Å². The fourth-order valence-corrected chi connectivity index (χ4v) is 5.61. The van der Waals surface area contributed by atoms with Crippen LogP contribution in [-0.2, 0) is 0 Å². The maximum absolute atomic E-state index is 8.79. The first-order valence-electron chi connectivity index (χ1n) is 9.74. The van der Waals surface area contributed by atoms with E-state index in [1.54, 1.807) is 0 Å². The molecule has 2 unspecified atom stereocenters. The van der Waals surface area contributed by atoms with Gasteiger partial charge in [0.2, 0.25) is 0 Å². The highest BCUT2D eigenvalue weighted by molar-refractivity contribution is 6.02. The van der Waals surface area contributed by atoms with Crippen LogP contribution in [-0.4, -0.2) is 17.3 Å². The van der Waals surface area contributed by atoms with Crippen LogP contribution in [0.1, 0.15) is 65.7 Å². The highest BCUT2D eigenvalue weighted by Crippen LogP contribution is 2.47. The molecule has 23 heavy (non-hydrogen) atoms. The molecule has 5 rings (SSSR count). The fourth-order valence-electron chi connectivity index (χ4n) is 5.61. The summed E-state index contributed by atoms with van der Waals surface area (Å²) in [6, 6.07) is 0. The van der Waals surface area contributed by atoms with Crippen LogP contribution in [0.15, 0.2) is 23.4 Å². The van der Waals surface area contributed by atoms with Gasteiger partial charge in [-0.2, -0.15) is 0 Å². The van der Waals surface area contributed by atoms with E-state index in [1.165, 1.54) is 56.2 Å². The van der Waals surface area contributed by atoms with Crippen LogP contribution in [0.5, 0.6) is 0 Å². The normalized spacial score (nSPS) is 39.6. The lowest BCUT2D eigenvalue weighted by atomic mass is 9.72. The Labute approximate surface area is 141 Å². The van der Waals surface area contributed by atoms with Crippen LogP contribution in [0.3, 0.4) is 0 Å². The van der Waals surface area contributed by atoms with Gasteiger partial charge in [0.25, 0.3) is 0 Å². The third kappa shape index (κ3) is 2.68. The van der Waals surface area contributed by atoms with Crippen LogP contribution in [0.4, 0.5) is 0 Å². The van der Waals surface area contributed by atoms with Gasteiger partial charge in [0.05, 0.1) is 0 Å². The molecule has 0 aromatic heterocycles. The molecule has 0 aromatic carbocycles.